The van der Waals surface area contributed by atoms with Crippen LogP contribution < -0.4 is 10.6 Å². The van der Waals surface area contributed by atoms with Crippen LogP contribution in [0.2, 0.25) is 5.15 Å². The Bertz CT molecular complexity index is 422. The molecule has 1 saturated heterocycles. The lowest BCUT2D eigenvalue weighted by molar-refractivity contribution is 0.114. The van der Waals surface area contributed by atoms with Crippen LogP contribution in [0.25, 0.3) is 0 Å². The number of nitrogens with two attached hydrogens (primary N) is 1. The van der Waals surface area contributed by atoms with Gasteiger partial charge in [0.15, 0.2) is 0 Å². The Morgan fingerprint density at radius 1 is 1.53 bits per heavy atom. The molecular weight excluding hydrogens is 266 g/mol. The maximum absolute atomic E-state index is 9.44. The second kappa shape index (κ2) is 5.90. The van der Waals surface area contributed by atoms with Crippen LogP contribution in [0.3, 0.4) is 0 Å². The number of nitrogens with zero attached hydrogens (tertiary/aromatic N) is 4. The van der Waals surface area contributed by atoms with E-state index in [-0.39, 0.29) is 18.1 Å². The third-order valence-electron chi connectivity index (χ3n) is 3.23. The molecule has 3 N–H and O–H groups in total. The summed E-state index contributed by atoms with van der Waals surface area (Å²) in [7, 11) is 0. The zero-order chi connectivity index (χ0) is 14.0. The Morgan fingerprint density at radius 3 is 2.84 bits per heavy atom. The summed E-state index contributed by atoms with van der Waals surface area (Å²) in [5.41, 5.74) is 5.63. The molecule has 6 nitrogen and oxygen atoms in total. The molecule has 1 aromatic heterocycles. The molecule has 1 aliphatic rings. The summed E-state index contributed by atoms with van der Waals surface area (Å²) in [4.78, 5) is 12.5. The monoisotopic (exact) mass is 285 g/mol. The summed E-state index contributed by atoms with van der Waals surface area (Å²) in [6.45, 7) is 7.23. The number of aromatic nitrogens is 2. The molecule has 0 amide bonds. The Hall–Kier alpha value is -1.11. The number of nitrogen functional groups attached to an aromatic ring is 1. The SMILES string of the molecule is CC(O)CN1CCN(c2cc(Cl)nc(N)n2)C(C)C1. The average molecular weight is 286 g/mol. The molecule has 0 radical (unpaired) electrons. The molecule has 106 valence electrons. The van der Waals surface area contributed by atoms with E-state index < -0.39 is 0 Å². The number of rotatable bonds is 3. The highest BCUT2D eigenvalue weighted by atomic mass is 35.5. The van der Waals surface area contributed by atoms with Crippen molar-refractivity contribution >= 4 is 23.4 Å². The van der Waals surface area contributed by atoms with E-state index >= 15 is 0 Å². The zero-order valence-corrected chi connectivity index (χ0v) is 12.0. The smallest absolute Gasteiger partial charge is 0.223 e. The molecule has 1 aliphatic heterocycles. The van der Waals surface area contributed by atoms with Crippen LogP contribution in [0.15, 0.2) is 6.07 Å². The first-order valence-electron chi connectivity index (χ1n) is 6.43. The van der Waals surface area contributed by atoms with Gasteiger partial charge in [0.2, 0.25) is 5.95 Å². The predicted molar refractivity (Wildman–Crippen MR) is 76.4 cm³/mol. The fourth-order valence-corrected chi connectivity index (χ4v) is 2.67. The van der Waals surface area contributed by atoms with Gasteiger partial charge in [-0.25, -0.2) is 4.98 Å². The molecule has 1 aromatic rings. The summed E-state index contributed by atoms with van der Waals surface area (Å²) >= 11 is 5.91. The number of piperazine rings is 1. The second-order valence-electron chi connectivity index (χ2n) is 5.06. The normalized spacial score (nSPS) is 22.5. The fourth-order valence-electron chi connectivity index (χ4n) is 2.48. The maximum atomic E-state index is 9.44. The molecule has 7 heteroatoms. The molecule has 19 heavy (non-hydrogen) atoms. The highest BCUT2D eigenvalue weighted by Crippen LogP contribution is 2.21. The van der Waals surface area contributed by atoms with Gasteiger partial charge in [-0.15, -0.1) is 0 Å². The average Bonchev–Trinajstić information content (AvgIpc) is 2.26. The van der Waals surface area contributed by atoms with Crippen molar-refractivity contribution in [2.45, 2.75) is 26.0 Å². The molecule has 0 aliphatic carbocycles. The van der Waals surface area contributed by atoms with Crippen LogP contribution in [-0.4, -0.2) is 58.3 Å². The van der Waals surface area contributed by atoms with Crippen molar-refractivity contribution in [2.24, 2.45) is 0 Å². The van der Waals surface area contributed by atoms with Gasteiger partial charge in [-0.3, -0.25) is 4.90 Å². The van der Waals surface area contributed by atoms with E-state index in [0.29, 0.717) is 11.7 Å². The number of aliphatic hydroxyl groups is 1. The van der Waals surface area contributed by atoms with Gasteiger partial charge in [-0.2, -0.15) is 4.98 Å². The molecule has 0 saturated carbocycles. The molecule has 2 unspecified atom stereocenters. The van der Waals surface area contributed by atoms with Crippen LogP contribution >= 0.6 is 11.6 Å². The Morgan fingerprint density at radius 2 is 2.26 bits per heavy atom. The molecule has 0 aromatic carbocycles. The Kier molecular flexibility index (Phi) is 4.44. The first-order chi connectivity index (χ1) is 8.95. The highest BCUT2D eigenvalue weighted by molar-refractivity contribution is 6.29. The van der Waals surface area contributed by atoms with Crippen LogP contribution in [0.4, 0.5) is 11.8 Å². The van der Waals surface area contributed by atoms with Crippen molar-refractivity contribution < 1.29 is 5.11 Å². The van der Waals surface area contributed by atoms with Gasteiger partial charge in [0.1, 0.15) is 11.0 Å². The quantitative estimate of drug-likeness (QED) is 0.792. The molecule has 2 atom stereocenters. The van der Waals surface area contributed by atoms with E-state index in [9.17, 15) is 5.11 Å². The largest absolute Gasteiger partial charge is 0.392 e. The van der Waals surface area contributed by atoms with Crippen molar-refractivity contribution in [3.8, 4) is 0 Å². The molecule has 0 spiro atoms. The molecule has 1 fully saturated rings. The minimum Gasteiger partial charge on any atom is -0.392 e. The summed E-state index contributed by atoms with van der Waals surface area (Å²) in [5, 5.41) is 9.80. The topological polar surface area (TPSA) is 78.5 Å². The number of aliphatic hydroxyl groups excluding tert-OH is 1. The summed E-state index contributed by atoms with van der Waals surface area (Å²) in [5.74, 6) is 0.961. The van der Waals surface area contributed by atoms with Gasteiger partial charge in [0.05, 0.1) is 6.10 Å². The third kappa shape index (κ3) is 3.68. The van der Waals surface area contributed by atoms with Gasteiger partial charge in [-0.05, 0) is 13.8 Å². The minimum absolute atomic E-state index is 0.195. The molecule has 2 heterocycles. The lowest BCUT2D eigenvalue weighted by Gasteiger charge is -2.41. The molecule has 2 rings (SSSR count). The van der Waals surface area contributed by atoms with E-state index in [1.54, 1.807) is 6.07 Å². The van der Waals surface area contributed by atoms with E-state index in [1.165, 1.54) is 0 Å². The molecule has 0 bridgehead atoms. The lowest BCUT2D eigenvalue weighted by atomic mass is 10.2. The van der Waals surface area contributed by atoms with E-state index in [4.69, 9.17) is 17.3 Å². The second-order valence-corrected chi connectivity index (χ2v) is 5.45. The van der Waals surface area contributed by atoms with Gasteiger partial charge in [0, 0.05) is 38.3 Å². The number of halogens is 1. The van der Waals surface area contributed by atoms with Gasteiger partial charge in [0.25, 0.3) is 0 Å². The van der Waals surface area contributed by atoms with Gasteiger partial charge in [-0.1, -0.05) is 11.6 Å². The number of hydrogen-bond acceptors (Lipinski definition) is 6. The van der Waals surface area contributed by atoms with E-state index in [1.807, 2.05) is 6.92 Å². The van der Waals surface area contributed by atoms with Crippen molar-refractivity contribution in [2.75, 3.05) is 36.8 Å². The summed E-state index contributed by atoms with van der Waals surface area (Å²) in [6, 6.07) is 2.02. The van der Waals surface area contributed by atoms with Gasteiger partial charge >= 0.3 is 0 Å². The Labute approximate surface area is 118 Å². The zero-order valence-electron chi connectivity index (χ0n) is 11.3. The highest BCUT2D eigenvalue weighted by Gasteiger charge is 2.25. The van der Waals surface area contributed by atoms with E-state index in [2.05, 4.69) is 26.7 Å². The lowest BCUT2D eigenvalue weighted by Crippen LogP contribution is -2.53. The van der Waals surface area contributed by atoms with Crippen molar-refractivity contribution in [1.82, 2.24) is 14.9 Å². The van der Waals surface area contributed by atoms with Crippen LogP contribution in [0.1, 0.15) is 13.8 Å². The maximum Gasteiger partial charge on any atom is 0.223 e. The van der Waals surface area contributed by atoms with E-state index in [0.717, 1.165) is 25.5 Å². The first kappa shape index (κ1) is 14.3. The minimum atomic E-state index is -0.303. The van der Waals surface area contributed by atoms with Crippen molar-refractivity contribution in [3.05, 3.63) is 11.2 Å². The van der Waals surface area contributed by atoms with Crippen molar-refractivity contribution in [3.63, 3.8) is 0 Å². The number of β-amino-alcohol motifs (C(OH)–C–C–N with tert-alkyl or cyclic N) is 1. The number of anilines is 2. The van der Waals surface area contributed by atoms with Gasteiger partial charge < -0.3 is 15.7 Å². The summed E-state index contributed by atoms with van der Waals surface area (Å²) < 4.78 is 0. The van der Waals surface area contributed by atoms with Crippen LogP contribution in [0, 0.1) is 0 Å². The molecular formula is C12H20ClN5O. The number of hydrogen-bond donors (Lipinski definition) is 2. The van der Waals surface area contributed by atoms with Crippen LogP contribution in [-0.2, 0) is 0 Å². The fraction of sp³-hybridized carbons (Fsp3) is 0.667. The predicted octanol–water partition coefficient (Wildman–Crippen LogP) is 0.603. The van der Waals surface area contributed by atoms with Crippen molar-refractivity contribution in [1.29, 1.82) is 0 Å². The third-order valence-corrected chi connectivity index (χ3v) is 3.42. The standard InChI is InChI=1S/C12H20ClN5O/c1-8-6-17(7-9(2)19)3-4-18(8)11-5-10(13)15-12(14)16-11/h5,8-9,19H,3-4,6-7H2,1-2H3,(H2,14,15,16). The summed E-state index contributed by atoms with van der Waals surface area (Å²) in [6.07, 6.45) is -0.303. The van der Waals surface area contributed by atoms with Crippen LogP contribution in [0.5, 0.6) is 0 Å². The first-order valence-corrected chi connectivity index (χ1v) is 6.80. The Balaban J connectivity index is 2.07.